The van der Waals surface area contributed by atoms with Crippen LogP contribution in [0, 0.1) is 5.82 Å². The number of sulfonamides is 1. The Hall–Kier alpha value is -1.73. The van der Waals surface area contributed by atoms with Crippen molar-refractivity contribution in [3.63, 3.8) is 0 Å². The molecule has 132 valence electrons. The summed E-state index contributed by atoms with van der Waals surface area (Å²) in [4.78, 5) is 0. The highest BCUT2D eigenvalue weighted by molar-refractivity contribution is 7.92. The molecule has 1 atom stereocenters. The van der Waals surface area contributed by atoms with Crippen molar-refractivity contribution in [2.45, 2.75) is 6.04 Å². The lowest BCUT2D eigenvalue weighted by Gasteiger charge is -2.34. The van der Waals surface area contributed by atoms with Gasteiger partial charge in [-0.3, -0.25) is 0 Å². The smallest absolute Gasteiger partial charge is 0.236 e. The highest BCUT2D eigenvalue weighted by Crippen LogP contribution is 2.26. The first-order valence-electron chi connectivity index (χ1n) is 7.87. The van der Waals surface area contributed by atoms with Gasteiger partial charge in [0.15, 0.2) is 0 Å². The molecule has 1 N–H and O–H groups in total. The van der Waals surface area contributed by atoms with Crippen LogP contribution >= 0.6 is 11.6 Å². The quantitative estimate of drug-likeness (QED) is 0.884. The molecule has 2 aromatic carbocycles. The van der Waals surface area contributed by atoms with Crippen LogP contribution in [-0.2, 0) is 10.0 Å². The third-order valence-electron chi connectivity index (χ3n) is 4.04. The van der Waals surface area contributed by atoms with E-state index < -0.39 is 16.1 Å². The summed E-state index contributed by atoms with van der Waals surface area (Å²) in [5, 5.41) is 4.88. The normalized spacial score (nSPS) is 19.4. The van der Waals surface area contributed by atoms with E-state index in [9.17, 15) is 12.8 Å². The highest BCUT2D eigenvalue weighted by atomic mass is 35.5. The molecule has 1 fully saturated rings. The van der Waals surface area contributed by atoms with Gasteiger partial charge in [0.05, 0.1) is 6.04 Å². The lowest BCUT2D eigenvalue weighted by molar-refractivity contribution is 0.274. The first kappa shape index (κ1) is 18.1. The van der Waals surface area contributed by atoms with Crippen molar-refractivity contribution in [2.24, 2.45) is 0 Å². The molecule has 4 nitrogen and oxygen atoms in total. The molecule has 0 bridgehead atoms. The predicted octanol–water partition coefficient (Wildman–Crippen LogP) is 3.43. The molecule has 1 aliphatic rings. The molecule has 7 heteroatoms. The molecular weight excluding hydrogens is 363 g/mol. The van der Waals surface area contributed by atoms with Crippen LogP contribution in [-0.4, -0.2) is 32.4 Å². The SMILES string of the molecule is O=S(=O)(C=Cc1cccc(Cl)c1)N1CCNCC1c1cccc(F)c1. The van der Waals surface area contributed by atoms with Crippen molar-refractivity contribution in [1.82, 2.24) is 9.62 Å². The number of nitrogens with one attached hydrogen (secondary N) is 1. The van der Waals surface area contributed by atoms with Crippen LogP contribution in [0.1, 0.15) is 17.2 Å². The van der Waals surface area contributed by atoms with Crippen molar-refractivity contribution < 1.29 is 12.8 Å². The molecule has 1 heterocycles. The number of hydrogen-bond donors (Lipinski definition) is 1. The van der Waals surface area contributed by atoms with Crippen LogP contribution in [0.4, 0.5) is 4.39 Å². The first-order valence-corrected chi connectivity index (χ1v) is 9.75. The van der Waals surface area contributed by atoms with Gasteiger partial charge in [0.2, 0.25) is 10.0 Å². The summed E-state index contributed by atoms with van der Waals surface area (Å²) in [6.45, 7) is 1.31. The minimum absolute atomic E-state index is 0.323. The van der Waals surface area contributed by atoms with Gasteiger partial charge in [0, 0.05) is 30.1 Å². The van der Waals surface area contributed by atoms with Crippen molar-refractivity contribution in [3.8, 4) is 0 Å². The second-order valence-electron chi connectivity index (χ2n) is 5.79. The molecule has 3 rings (SSSR count). The fraction of sp³-hybridized carbons (Fsp3) is 0.222. The van der Waals surface area contributed by atoms with Crippen LogP contribution in [0.3, 0.4) is 0 Å². The van der Waals surface area contributed by atoms with Crippen molar-refractivity contribution in [3.05, 3.63) is 75.9 Å². The zero-order valence-corrected chi connectivity index (χ0v) is 15.0. The van der Waals surface area contributed by atoms with Crippen LogP contribution in [0.15, 0.2) is 53.9 Å². The van der Waals surface area contributed by atoms with E-state index in [1.165, 1.54) is 27.9 Å². The van der Waals surface area contributed by atoms with E-state index in [1.807, 2.05) is 0 Å². The number of rotatable bonds is 4. The zero-order valence-electron chi connectivity index (χ0n) is 13.4. The van der Waals surface area contributed by atoms with Crippen molar-refractivity contribution in [1.29, 1.82) is 0 Å². The Morgan fingerprint density at radius 2 is 2.00 bits per heavy atom. The van der Waals surface area contributed by atoms with Crippen LogP contribution < -0.4 is 5.32 Å². The van der Waals surface area contributed by atoms with Gasteiger partial charge in [-0.05, 0) is 41.5 Å². The Morgan fingerprint density at radius 3 is 2.76 bits per heavy atom. The van der Waals surface area contributed by atoms with Crippen LogP contribution in [0.5, 0.6) is 0 Å². The molecule has 0 radical (unpaired) electrons. The number of hydrogen-bond acceptors (Lipinski definition) is 3. The molecule has 0 aromatic heterocycles. The summed E-state index contributed by atoms with van der Waals surface area (Å²) in [6, 6.07) is 12.6. The lowest BCUT2D eigenvalue weighted by Crippen LogP contribution is -2.48. The van der Waals surface area contributed by atoms with Gasteiger partial charge < -0.3 is 5.32 Å². The molecule has 2 aromatic rings. The maximum atomic E-state index is 13.5. The van der Waals surface area contributed by atoms with Gasteiger partial charge in [0.1, 0.15) is 5.82 Å². The minimum Gasteiger partial charge on any atom is -0.313 e. The average molecular weight is 381 g/mol. The minimum atomic E-state index is -3.66. The number of piperazine rings is 1. The summed E-state index contributed by atoms with van der Waals surface area (Å²) in [6.07, 6.45) is 1.52. The van der Waals surface area contributed by atoms with Gasteiger partial charge in [-0.2, -0.15) is 4.31 Å². The number of benzene rings is 2. The third kappa shape index (κ3) is 4.46. The Morgan fingerprint density at radius 1 is 1.20 bits per heavy atom. The first-order chi connectivity index (χ1) is 12.0. The molecule has 0 aliphatic carbocycles. The van der Waals surface area contributed by atoms with Gasteiger partial charge >= 0.3 is 0 Å². The van der Waals surface area contributed by atoms with E-state index >= 15 is 0 Å². The van der Waals surface area contributed by atoms with Gasteiger partial charge in [-0.15, -0.1) is 0 Å². The average Bonchev–Trinajstić information content (AvgIpc) is 2.60. The molecule has 0 spiro atoms. The molecule has 1 aliphatic heterocycles. The fourth-order valence-corrected chi connectivity index (χ4v) is 4.42. The monoisotopic (exact) mass is 380 g/mol. The molecule has 1 saturated heterocycles. The zero-order chi connectivity index (χ0) is 17.9. The summed E-state index contributed by atoms with van der Waals surface area (Å²) in [5.41, 5.74) is 1.33. The topological polar surface area (TPSA) is 49.4 Å². The second-order valence-corrected chi connectivity index (χ2v) is 8.00. The Bertz CT molecular complexity index is 886. The summed E-state index contributed by atoms with van der Waals surface area (Å²) < 4.78 is 40.5. The predicted molar refractivity (Wildman–Crippen MR) is 98.1 cm³/mol. The van der Waals surface area contributed by atoms with Crippen LogP contribution in [0.25, 0.3) is 6.08 Å². The Balaban J connectivity index is 1.88. The van der Waals surface area contributed by atoms with E-state index in [0.717, 1.165) is 0 Å². The standard InChI is InChI=1S/C18H18ClFN2O2S/c19-16-5-1-3-14(11-16)7-10-25(23,24)22-9-8-21-13-18(22)15-4-2-6-17(20)12-15/h1-7,10-12,18,21H,8-9,13H2. The Labute approximate surface area is 152 Å². The summed E-state index contributed by atoms with van der Waals surface area (Å²) >= 11 is 5.92. The van der Waals surface area contributed by atoms with E-state index in [4.69, 9.17) is 11.6 Å². The maximum absolute atomic E-state index is 13.5. The van der Waals surface area contributed by atoms with E-state index in [-0.39, 0.29) is 5.82 Å². The molecule has 1 unspecified atom stereocenters. The number of nitrogens with zero attached hydrogens (tertiary/aromatic N) is 1. The molecule has 0 amide bonds. The number of halogens is 2. The van der Waals surface area contributed by atoms with Crippen molar-refractivity contribution in [2.75, 3.05) is 19.6 Å². The molecule has 25 heavy (non-hydrogen) atoms. The summed E-state index contributed by atoms with van der Waals surface area (Å²) in [7, 11) is -3.66. The van der Waals surface area contributed by atoms with E-state index in [2.05, 4.69) is 5.32 Å². The summed E-state index contributed by atoms with van der Waals surface area (Å²) in [5.74, 6) is -0.380. The fourth-order valence-electron chi connectivity index (χ4n) is 2.84. The van der Waals surface area contributed by atoms with Gasteiger partial charge in [-0.1, -0.05) is 35.9 Å². The molecular formula is C18H18ClFN2O2S. The highest BCUT2D eigenvalue weighted by Gasteiger charge is 2.31. The van der Waals surface area contributed by atoms with Gasteiger partial charge in [0.25, 0.3) is 0 Å². The maximum Gasteiger partial charge on any atom is 0.236 e. The van der Waals surface area contributed by atoms with Crippen LogP contribution in [0.2, 0.25) is 5.02 Å². The van der Waals surface area contributed by atoms with E-state index in [1.54, 1.807) is 36.4 Å². The second kappa shape index (κ2) is 7.66. The lowest BCUT2D eigenvalue weighted by atomic mass is 10.1. The largest absolute Gasteiger partial charge is 0.313 e. The Kier molecular flexibility index (Phi) is 5.54. The van der Waals surface area contributed by atoms with Crippen molar-refractivity contribution >= 4 is 27.7 Å². The van der Waals surface area contributed by atoms with Gasteiger partial charge in [-0.25, -0.2) is 12.8 Å². The molecule has 0 saturated carbocycles. The third-order valence-corrected chi connectivity index (χ3v) is 5.84. The van der Waals surface area contributed by atoms with E-state index in [0.29, 0.717) is 35.8 Å².